The summed E-state index contributed by atoms with van der Waals surface area (Å²) in [6, 6.07) is 4.87. The van der Waals surface area contributed by atoms with Crippen LogP contribution in [0.5, 0.6) is 0 Å². The molecule has 0 aliphatic carbocycles. The summed E-state index contributed by atoms with van der Waals surface area (Å²) in [6.07, 6.45) is 0. The number of rotatable bonds is 0. The highest BCUT2D eigenvalue weighted by Gasteiger charge is 2.10. The molecule has 1 heterocycles. The standard InChI is InChI=1S/C7H6FNS/c8-6-2-1-5-4-9-10-7(5)3-6/h1-3,9H,4H2. The molecule has 0 bridgehead atoms. The van der Waals surface area contributed by atoms with Gasteiger partial charge in [0.25, 0.3) is 0 Å². The fourth-order valence-electron chi connectivity index (χ4n) is 0.961. The average Bonchev–Trinajstić information content (AvgIpc) is 2.33. The lowest BCUT2D eigenvalue weighted by Gasteiger charge is -1.93. The van der Waals surface area contributed by atoms with Gasteiger partial charge in [0.15, 0.2) is 0 Å². The van der Waals surface area contributed by atoms with Crippen molar-refractivity contribution in [2.45, 2.75) is 11.4 Å². The van der Waals surface area contributed by atoms with Crippen LogP contribution in [0.2, 0.25) is 0 Å². The van der Waals surface area contributed by atoms with Crippen molar-refractivity contribution in [3.05, 3.63) is 29.6 Å². The van der Waals surface area contributed by atoms with Crippen molar-refractivity contribution in [3.63, 3.8) is 0 Å². The molecule has 52 valence electrons. The van der Waals surface area contributed by atoms with Gasteiger partial charge in [-0.15, -0.1) is 0 Å². The summed E-state index contributed by atoms with van der Waals surface area (Å²) in [5.41, 5.74) is 1.19. The van der Waals surface area contributed by atoms with E-state index in [2.05, 4.69) is 4.72 Å². The monoisotopic (exact) mass is 155 g/mol. The molecule has 1 aromatic carbocycles. The summed E-state index contributed by atoms with van der Waals surface area (Å²) < 4.78 is 15.6. The maximum atomic E-state index is 12.5. The third-order valence-corrected chi connectivity index (χ3v) is 2.36. The summed E-state index contributed by atoms with van der Waals surface area (Å²) in [5, 5.41) is 0. The molecule has 3 heteroatoms. The molecule has 0 atom stereocenters. The van der Waals surface area contributed by atoms with Gasteiger partial charge in [0.05, 0.1) is 0 Å². The molecule has 10 heavy (non-hydrogen) atoms. The molecule has 0 radical (unpaired) electrons. The molecule has 1 nitrogen and oxygen atoms in total. The fraction of sp³-hybridized carbons (Fsp3) is 0.143. The fourth-order valence-corrected chi connectivity index (χ4v) is 1.79. The van der Waals surface area contributed by atoms with Crippen LogP contribution in [-0.2, 0) is 6.54 Å². The van der Waals surface area contributed by atoms with Crippen LogP contribution in [0.3, 0.4) is 0 Å². The Morgan fingerprint density at radius 1 is 1.50 bits per heavy atom. The van der Waals surface area contributed by atoms with Gasteiger partial charge in [-0.25, -0.2) is 4.39 Å². The van der Waals surface area contributed by atoms with Crippen molar-refractivity contribution in [1.29, 1.82) is 0 Å². The minimum atomic E-state index is -0.157. The van der Waals surface area contributed by atoms with E-state index in [1.54, 1.807) is 6.07 Å². The van der Waals surface area contributed by atoms with Crippen LogP contribution in [0.25, 0.3) is 0 Å². The van der Waals surface area contributed by atoms with E-state index in [-0.39, 0.29) is 5.82 Å². The van der Waals surface area contributed by atoms with Crippen LogP contribution in [0.15, 0.2) is 23.1 Å². The lowest BCUT2D eigenvalue weighted by molar-refractivity contribution is 0.623. The Bertz CT molecular complexity index is 262. The SMILES string of the molecule is Fc1ccc2c(c1)SNC2. The summed E-state index contributed by atoms with van der Waals surface area (Å²) in [6.45, 7) is 0.847. The van der Waals surface area contributed by atoms with Crippen LogP contribution in [0.4, 0.5) is 4.39 Å². The normalized spacial score (nSPS) is 15.3. The van der Waals surface area contributed by atoms with Crippen LogP contribution < -0.4 is 4.72 Å². The molecule has 0 saturated heterocycles. The molecular formula is C7H6FNS. The Labute approximate surface area is 62.8 Å². The molecule has 0 unspecified atom stereocenters. The number of halogens is 1. The van der Waals surface area contributed by atoms with Gasteiger partial charge >= 0.3 is 0 Å². The van der Waals surface area contributed by atoms with Gasteiger partial charge in [-0.2, -0.15) is 0 Å². The molecule has 1 aliphatic heterocycles. The van der Waals surface area contributed by atoms with Crippen molar-refractivity contribution < 1.29 is 4.39 Å². The molecular weight excluding hydrogens is 149 g/mol. The highest BCUT2D eigenvalue weighted by Crippen LogP contribution is 2.27. The maximum absolute atomic E-state index is 12.5. The lowest BCUT2D eigenvalue weighted by Crippen LogP contribution is -1.91. The number of fused-ring (bicyclic) bond motifs is 1. The van der Waals surface area contributed by atoms with Gasteiger partial charge < -0.3 is 0 Å². The quantitative estimate of drug-likeness (QED) is 0.574. The Morgan fingerprint density at radius 3 is 3.30 bits per heavy atom. The number of hydrogen-bond donors (Lipinski definition) is 1. The zero-order valence-electron chi connectivity index (χ0n) is 5.23. The van der Waals surface area contributed by atoms with E-state index in [4.69, 9.17) is 0 Å². The van der Waals surface area contributed by atoms with E-state index in [9.17, 15) is 4.39 Å². The van der Waals surface area contributed by atoms with Crippen LogP contribution in [0, 0.1) is 5.82 Å². The third kappa shape index (κ3) is 0.914. The van der Waals surface area contributed by atoms with E-state index in [1.807, 2.05) is 6.07 Å². The predicted molar refractivity (Wildman–Crippen MR) is 39.1 cm³/mol. The topological polar surface area (TPSA) is 12.0 Å². The van der Waals surface area contributed by atoms with E-state index in [0.717, 1.165) is 11.4 Å². The van der Waals surface area contributed by atoms with Crippen LogP contribution in [0.1, 0.15) is 5.56 Å². The second-order valence-corrected chi connectivity index (χ2v) is 3.11. The van der Waals surface area contributed by atoms with Crippen LogP contribution >= 0.6 is 11.9 Å². The van der Waals surface area contributed by atoms with E-state index in [1.165, 1.54) is 23.6 Å². The molecule has 2 rings (SSSR count). The molecule has 0 amide bonds. The van der Waals surface area contributed by atoms with Gasteiger partial charge in [-0.3, -0.25) is 4.72 Å². The average molecular weight is 155 g/mol. The van der Waals surface area contributed by atoms with Crippen molar-refractivity contribution in [1.82, 2.24) is 4.72 Å². The van der Waals surface area contributed by atoms with E-state index in [0.29, 0.717) is 0 Å². The zero-order valence-corrected chi connectivity index (χ0v) is 6.04. The first kappa shape index (κ1) is 6.19. The van der Waals surface area contributed by atoms with Gasteiger partial charge in [-0.05, 0) is 29.6 Å². The Balaban J connectivity index is 2.52. The second-order valence-electron chi connectivity index (χ2n) is 2.18. The smallest absolute Gasteiger partial charge is 0.124 e. The number of hydrogen-bond acceptors (Lipinski definition) is 2. The first-order valence-electron chi connectivity index (χ1n) is 3.04. The molecule has 0 saturated carbocycles. The van der Waals surface area contributed by atoms with E-state index >= 15 is 0 Å². The molecule has 0 fully saturated rings. The Kier molecular flexibility index (Phi) is 1.39. The lowest BCUT2D eigenvalue weighted by atomic mass is 10.2. The minimum Gasteiger partial charge on any atom is -0.255 e. The summed E-state index contributed by atoms with van der Waals surface area (Å²) in [7, 11) is 0. The van der Waals surface area contributed by atoms with Crippen molar-refractivity contribution in [2.24, 2.45) is 0 Å². The Hall–Kier alpha value is -0.540. The van der Waals surface area contributed by atoms with Crippen molar-refractivity contribution in [2.75, 3.05) is 0 Å². The second kappa shape index (κ2) is 2.25. The maximum Gasteiger partial charge on any atom is 0.124 e. The molecule has 0 spiro atoms. The zero-order chi connectivity index (χ0) is 6.97. The van der Waals surface area contributed by atoms with Crippen molar-refractivity contribution >= 4 is 11.9 Å². The van der Waals surface area contributed by atoms with Gasteiger partial charge in [0.1, 0.15) is 5.82 Å². The highest BCUT2D eigenvalue weighted by molar-refractivity contribution is 7.97. The summed E-state index contributed by atoms with van der Waals surface area (Å²) in [5.74, 6) is -0.157. The molecule has 1 aromatic rings. The molecule has 1 aliphatic rings. The molecule has 1 N–H and O–H groups in total. The van der Waals surface area contributed by atoms with Crippen LogP contribution in [-0.4, -0.2) is 0 Å². The molecule has 0 aromatic heterocycles. The number of nitrogens with one attached hydrogen (secondary N) is 1. The third-order valence-electron chi connectivity index (χ3n) is 1.47. The van der Waals surface area contributed by atoms with Gasteiger partial charge in [0, 0.05) is 11.4 Å². The summed E-state index contributed by atoms with van der Waals surface area (Å²) in [4.78, 5) is 1.01. The number of benzene rings is 1. The highest BCUT2D eigenvalue weighted by atomic mass is 32.2. The Morgan fingerprint density at radius 2 is 2.40 bits per heavy atom. The first-order valence-corrected chi connectivity index (χ1v) is 3.86. The van der Waals surface area contributed by atoms with Gasteiger partial charge in [0.2, 0.25) is 0 Å². The minimum absolute atomic E-state index is 0.157. The van der Waals surface area contributed by atoms with E-state index < -0.39 is 0 Å². The van der Waals surface area contributed by atoms with Crippen molar-refractivity contribution in [3.8, 4) is 0 Å². The first-order chi connectivity index (χ1) is 4.86. The summed E-state index contributed by atoms with van der Waals surface area (Å²) >= 11 is 1.49. The largest absolute Gasteiger partial charge is 0.255 e. The van der Waals surface area contributed by atoms with Gasteiger partial charge in [-0.1, -0.05) is 6.07 Å². The predicted octanol–water partition coefficient (Wildman–Crippen LogP) is 1.94.